The number of ether oxygens (including phenoxy) is 1. The molecule has 0 atom stereocenters. The first-order valence-corrected chi connectivity index (χ1v) is 10.3. The highest BCUT2D eigenvalue weighted by atomic mass is 16.5. The van der Waals surface area contributed by atoms with E-state index in [4.69, 9.17) is 4.74 Å². The van der Waals surface area contributed by atoms with Gasteiger partial charge in [0.05, 0.1) is 12.8 Å². The molecule has 3 rings (SSSR count). The zero-order valence-electron chi connectivity index (χ0n) is 17.2. The maximum Gasteiger partial charge on any atom is 0.271 e. The second-order valence-corrected chi connectivity index (χ2v) is 7.56. The van der Waals surface area contributed by atoms with E-state index in [2.05, 4.69) is 41.9 Å². The molecule has 1 saturated carbocycles. The van der Waals surface area contributed by atoms with E-state index < -0.39 is 0 Å². The van der Waals surface area contributed by atoms with Gasteiger partial charge in [0.2, 0.25) is 0 Å². The van der Waals surface area contributed by atoms with E-state index in [9.17, 15) is 4.79 Å². The molecule has 0 radical (unpaired) electrons. The number of hydrazone groups is 1. The van der Waals surface area contributed by atoms with Crippen LogP contribution in [0.3, 0.4) is 0 Å². The Morgan fingerprint density at radius 2 is 1.93 bits per heavy atom. The van der Waals surface area contributed by atoms with Gasteiger partial charge in [0.15, 0.2) is 0 Å². The number of amides is 1. The summed E-state index contributed by atoms with van der Waals surface area (Å²) in [4.78, 5) is 12.3. The Kier molecular flexibility index (Phi) is 6.90. The lowest BCUT2D eigenvalue weighted by atomic mass is 9.95. The van der Waals surface area contributed by atoms with Crippen LogP contribution < -0.4 is 10.2 Å². The number of carbonyl (C=O) groups is 1. The molecule has 0 spiro atoms. The third-order valence-electron chi connectivity index (χ3n) is 5.42. The zero-order valence-corrected chi connectivity index (χ0v) is 17.2. The lowest BCUT2D eigenvalue weighted by Crippen LogP contribution is -2.17. The van der Waals surface area contributed by atoms with Crippen LogP contribution in [-0.2, 0) is 0 Å². The maximum absolute atomic E-state index is 12.3. The number of aromatic nitrogens is 1. The lowest BCUT2D eigenvalue weighted by Gasteiger charge is -2.26. The van der Waals surface area contributed by atoms with Gasteiger partial charge in [-0.3, -0.25) is 4.79 Å². The topological polar surface area (TPSA) is 55.6 Å². The molecule has 5 heteroatoms. The van der Waals surface area contributed by atoms with Crippen molar-refractivity contribution >= 4 is 12.1 Å². The quantitative estimate of drug-likeness (QED) is 0.532. The molecule has 1 aromatic carbocycles. The molecule has 0 unspecified atom stereocenters. The molecule has 28 heavy (non-hydrogen) atoms. The van der Waals surface area contributed by atoms with Gasteiger partial charge in [0.1, 0.15) is 5.75 Å². The van der Waals surface area contributed by atoms with E-state index >= 15 is 0 Å². The highest BCUT2D eigenvalue weighted by molar-refractivity contribution is 5.95. The Morgan fingerprint density at radius 3 is 2.61 bits per heavy atom. The van der Waals surface area contributed by atoms with Gasteiger partial charge in [-0.15, -0.1) is 0 Å². The second kappa shape index (κ2) is 9.58. The van der Waals surface area contributed by atoms with E-state index in [0.29, 0.717) is 18.2 Å². The third kappa shape index (κ3) is 4.83. The standard InChI is InChI=1S/C23H31N3O2/c1-4-14-28-22-12-10-19(11-13-22)23(27)25-24-16-20-15-17(2)26(18(20)3)21-8-6-5-7-9-21/h10-13,15-16,21H,4-9,14H2,1-3H3,(H,25,27)/b24-16-. The van der Waals surface area contributed by atoms with Crippen LogP contribution in [0.25, 0.3) is 0 Å². The summed E-state index contributed by atoms with van der Waals surface area (Å²) in [7, 11) is 0. The minimum Gasteiger partial charge on any atom is -0.494 e. The molecule has 150 valence electrons. The summed E-state index contributed by atoms with van der Waals surface area (Å²) in [6.45, 7) is 7.03. The number of nitrogens with zero attached hydrogens (tertiary/aromatic N) is 2. The molecule has 2 aromatic rings. The van der Waals surface area contributed by atoms with Crippen molar-refractivity contribution in [3.05, 3.63) is 52.8 Å². The van der Waals surface area contributed by atoms with Crippen LogP contribution in [0.2, 0.25) is 0 Å². The van der Waals surface area contributed by atoms with Crippen LogP contribution in [0, 0.1) is 13.8 Å². The number of rotatable bonds is 7. The van der Waals surface area contributed by atoms with Crippen molar-refractivity contribution in [3.63, 3.8) is 0 Å². The maximum atomic E-state index is 12.3. The van der Waals surface area contributed by atoms with Crippen LogP contribution in [-0.4, -0.2) is 23.3 Å². The van der Waals surface area contributed by atoms with E-state index in [-0.39, 0.29) is 5.91 Å². The first kappa shape index (κ1) is 20.2. The molecule has 0 saturated heterocycles. The summed E-state index contributed by atoms with van der Waals surface area (Å²) in [5, 5.41) is 4.18. The first-order chi connectivity index (χ1) is 13.6. The van der Waals surface area contributed by atoms with Crippen molar-refractivity contribution in [3.8, 4) is 5.75 Å². The monoisotopic (exact) mass is 381 g/mol. The normalized spacial score (nSPS) is 15.1. The van der Waals surface area contributed by atoms with Gasteiger partial charge < -0.3 is 9.30 Å². The van der Waals surface area contributed by atoms with Crippen LogP contribution in [0.1, 0.15) is 78.8 Å². The minimum absolute atomic E-state index is 0.223. The summed E-state index contributed by atoms with van der Waals surface area (Å²) >= 11 is 0. The predicted octanol–water partition coefficient (Wildman–Crippen LogP) is 5.16. The van der Waals surface area contributed by atoms with Crippen LogP contribution in [0.5, 0.6) is 5.75 Å². The number of aryl methyl sites for hydroxylation is 1. The second-order valence-electron chi connectivity index (χ2n) is 7.56. The zero-order chi connectivity index (χ0) is 19.9. The summed E-state index contributed by atoms with van der Waals surface area (Å²) in [6.07, 6.45) is 9.18. The average molecular weight is 382 g/mol. The van der Waals surface area contributed by atoms with Gasteiger partial charge in [-0.1, -0.05) is 26.2 Å². The van der Waals surface area contributed by atoms with E-state index in [1.807, 2.05) is 12.1 Å². The first-order valence-electron chi connectivity index (χ1n) is 10.3. The molecular weight excluding hydrogens is 350 g/mol. The molecule has 1 N–H and O–H groups in total. The molecule has 1 fully saturated rings. The fraction of sp³-hybridized carbons (Fsp3) is 0.478. The Balaban J connectivity index is 1.62. The van der Waals surface area contributed by atoms with Gasteiger partial charge in [0.25, 0.3) is 5.91 Å². The Hall–Kier alpha value is -2.56. The van der Waals surface area contributed by atoms with Crippen molar-refractivity contribution in [2.45, 2.75) is 65.3 Å². The number of carbonyl (C=O) groups excluding carboxylic acids is 1. The molecule has 1 aliphatic carbocycles. The van der Waals surface area contributed by atoms with Gasteiger partial charge >= 0.3 is 0 Å². The molecule has 0 bridgehead atoms. The van der Waals surface area contributed by atoms with Crippen molar-refractivity contribution < 1.29 is 9.53 Å². The van der Waals surface area contributed by atoms with Crippen LogP contribution in [0.15, 0.2) is 35.4 Å². The molecule has 1 aliphatic rings. The average Bonchev–Trinajstić information content (AvgIpc) is 3.00. The fourth-order valence-corrected chi connectivity index (χ4v) is 3.98. The van der Waals surface area contributed by atoms with Crippen molar-refractivity contribution in [2.24, 2.45) is 5.10 Å². The molecular formula is C23H31N3O2. The van der Waals surface area contributed by atoms with E-state index in [1.165, 1.54) is 43.5 Å². The Morgan fingerprint density at radius 1 is 1.21 bits per heavy atom. The Labute approximate surface area is 167 Å². The lowest BCUT2D eigenvalue weighted by molar-refractivity contribution is 0.0955. The number of hydrogen-bond acceptors (Lipinski definition) is 3. The van der Waals surface area contributed by atoms with Crippen LogP contribution in [0.4, 0.5) is 0 Å². The number of nitrogens with one attached hydrogen (secondary N) is 1. The molecule has 0 aliphatic heterocycles. The number of benzene rings is 1. The minimum atomic E-state index is -0.223. The van der Waals surface area contributed by atoms with Crippen molar-refractivity contribution in [2.75, 3.05) is 6.61 Å². The molecule has 5 nitrogen and oxygen atoms in total. The summed E-state index contributed by atoms with van der Waals surface area (Å²) in [5.41, 5.74) is 6.74. The predicted molar refractivity (Wildman–Crippen MR) is 113 cm³/mol. The van der Waals surface area contributed by atoms with Gasteiger partial charge in [0, 0.05) is 28.6 Å². The highest BCUT2D eigenvalue weighted by Crippen LogP contribution is 2.31. The molecule has 1 aromatic heterocycles. The highest BCUT2D eigenvalue weighted by Gasteiger charge is 2.19. The van der Waals surface area contributed by atoms with Crippen molar-refractivity contribution in [1.29, 1.82) is 0 Å². The van der Waals surface area contributed by atoms with Crippen molar-refractivity contribution in [1.82, 2.24) is 9.99 Å². The summed E-state index contributed by atoms with van der Waals surface area (Å²) in [6, 6.07) is 9.88. The number of hydrogen-bond donors (Lipinski definition) is 1. The SMILES string of the molecule is CCCOc1ccc(C(=O)N/N=C\c2cc(C)n(C3CCCCC3)c2C)cc1. The van der Waals surface area contributed by atoms with Gasteiger partial charge in [-0.25, -0.2) is 5.43 Å². The summed E-state index contributed by atoms with van der Waals surface area (Å²) in [5.74, 6) is 0.552. The third-order valence-corrected chi connectivity index (χ3v) is 5.42. The smallest absolute Gasteiger partial charge is 0.271 e. The van der Waals surface area contributed by atoms with E-state index in [0.717, 1.165) is 17.7 Å². The fourth-order valence-electron chi connectivity index (χ4n) is 3.98. The van der Waals surface area contributed by atoms with Gasteiger partial charge in [-0.2, -0.15) is 5.10 Å². The summed E-state index contributed by atoms with van der Waals surface area (Å²) < 4.78 is 7.98. The Bertz CT molecular complexity index is 815. The van der Waals surface area contributed by atoms with Crippen LogP contribution >= 0.6 is 0 Å². The molecule has 1 amide bonds. The largest absolute Gasteiger partial charge is 0.494 e. The molecule has 1 heterocycles. The van der Waals surface area contributed by atoms with E-state index in [1.54, 1.807) is 18.3 Å². The van der Waals surface area contributed by atoms with Gasteiger partial charge in [-0.05, 0) is 63.4 Å².